The highest BCUT2D eigenvalue weighted by Crippen LogP contribution is 2.27. The number of nitrogens with zero attached hydrogens (tertiary/aromatic N) is 1. The van der Waals surface area contributed by atoms with Crippen LogP contribution in [0, 0.1) is 6.92 Å². The molecule has 0 amide bonds. The van der Waals surface area contributed by atoms with E-state index in [9.17, 15) is 5.11 Å². The minimum atomic E-state index is -0.452. The van der Waals surface area contributed by atoms with E-state index in [4.69, 9.17) is 4.74 Å². The molecular formula is C17H19NO2. The molecule has 1 unspecified atom stereocenters. The molecule has 0 saturated carbocycles. The van der Waals surface area contributed by atoms with Gasteiger partial charge in [-0.3, -0.25) is 4.98 Å². The topological polar surface area (TPSA) is 42.4 Å². The Morgan fingerprint density at radius 1 is 1.30 bits per heavy atom. The number of ether oxygens (including phenoxy) is 1. The van der Waals surface area contributed by atoms with Crippen LogP contribution in [-0.4, -0.2) is 16.7 Å². The van der Waals surface area contributed by atoms with Gasteiger partial charge in [0.25, 0.3) is 0 Å². The van der Waals surface area contributed by atoms with Crippen molar-refractivity contribution in [1.82, 2.24) is 4.98 Å². The van der Waals surface area contributed by atoms with Crippen molar-refractivity contribution < 1.29 is 9.84 Å². The number of hydrogen-bond donors (Lipinski definition) is 1. The third-order valence-corrected chi connectivity index (χ3v) is 3.74. The van der Waals surface area contributed by atoms with Crippen LogP contribution in [0.1, 0.15) is 34.8 Å². The van der Waals surface area contributed by atoms with Crippen LogP contribution in [0.2, 0.25) is 0 Å². The van der Waals surface area contributed by atoms with E-state index in [1.165, 1.54) is 11.1 Å². The molecule has 3 heteroatoms. The van der Waals surface area contributed by atoms with Crippen molar-refractivity contribution >= 4 is 0 Å². The average molecular weight is 269 g/mol. The van der Waals surface area contributed by atoms with E-state index in [-0.39, 0.29) is 0 Å². The Balaban J connectivity index is 1.64. The summed E-state index contributed by atoms with van der Waals surface area (Å²) in [6, 6.07) is 8.32. The van der Waals surface area contributed by atoms with Gasteiger partial charge in [0, 0.05) is 18.8 Å². The lowest BCUT2D eigenvalue weighted by molar-refractivity contribution is 0.167. The van der Waals surface area contributed by atoms with E-state index >= 15 is 0 Å². The van der Waals surface area contributed by atoms with E-state index in [0.29, 0.717) is 6.42 Å². The smallest absolute Gasteiger partial charge is 0.122 e. The Morgan fingerprint density at radius 3 is 3.05 bits per heavy atom. The number of aliphatic hydroxyl groups excluding tert-OH is 1. The summed E-state index contributed by atoms with van der Waals surface area (Å²) in [5.74, 6) is 1.01. The van der Waals surface area contributed by atoms with Crippen molar-refractivity contribution in [3.8, 4) is 5.75 Å². The molecule has 2 heterocycles. The highest BCUT2D eigenvalue weighted by atomic mass is 16.5. The molecule has 1 aliphatic heterocycles. The maximum atomic E-state index is 10.2. The Morgan fingerprint density at radius 2 is 2.20 bits per heavy atom. The van der Waals surface area contributed by atoms with Crippen molar-refractivity contribution in [2.45, 2.75) is 32.3 Å². The van der Waals surface area contributed by atoms with E-state index in [0.717, 1.165) is 36.3 Å². The lowest BCUT2D eigenvalue weighted by Gasteiger charge is -2.11. The van der Waals surface area contributed by atoms with Crippen LogP contribution in [0.15, 0.2) is 36.7 Å². The minimum absolute atomic E-state index is 0.452. The normalized spacial score (nSPS) is 14.7. The van der Waals surface area contributed by atoms with Crippen LogP contribution in [0.4, 0.5) is 0 Å². The van der Waals surface area contributed by atoms with E-state index in [1.54, 1.807) is 12.4 Å². The van der Waals surface area contributed by atoms with Gasteiger partial charge in [0.2, 0.25) is 0 Å². The molecular weight excluding hydrogens is 250 g/mol. The van der Waals surface area contributed by atoms with Crippen molar-refractivity contribution in [2.24, 2.45) is 0 Å². The van der Waals surface area contributed by atoms with Crippen LogP contribution in [0.3, 0.4) is 0 Å². The second kappa shape index (κ2) is 5.63. The minimum Gasteiger partial charge on any atom is -0.493 e. The summed E-state index contributed by atoms with van der Waals surface area (Å²) < 4.78 is 5.50. The maximum absolute atomic E-state index is 10.2. The highest BCUT2D eigenvalue weighted by molar-refractivity contribution is 5.39. The van der Waals surface area contributed by atoms with Crippen molar-refractivity contribution in [1.29, 1.82) is 0 Å². The predicted octanol–water partition coefficient (Wildman–Crippen LogP) is 2.99. The standard InChI is InChI=1S/C17H19NO2/c1-12-8-15(11-18-10-12)16(19)4-2-13-3-5-17-14(9-13)6-7-20-17/h3,5,8-11,16,19H,2,4,6-7H2,1H3. The highest BCUT2D eigenvalue weighted by Gasteiger charge is 2.13. The number of pyridine rings is 1. The molecule has 0 aliphatic carbocycles. The molecule has 2 aromatic rings. The van der Waals surface area contributed by atoms with Gasteiger partial charge in [-0.1, -0.05) is 18.2 Å². The third kappa shape index (κ3) is 2.83. The van der Waals surface area contributed by atoms with Gasteiger partial charge >= 0.3 is 0 Å². The van der Waals surface area contributed by atoms with E-state index < -0.39 is 6.10 Å². The van der Waals surface area contributed by atoms with Gasteiger partial charge in [-0.2, -0.15) is 0 Å². The van der Waals surface area contributed by atoms with Crippen LogP contribution in [0.5, 0.6) is 5.75 Å². The largest absolute Gasteiger partial charge is 0.493 e. The molecule has 1 aromatic carbocycles. The quantitative estimate of drug-likeness (QED) is 0.927. The number of aryl methyl sites for hydroxylation is 2. The first-order valence-electron chi connectivity index (χ1n) is 7.06. The Kier molecular flexibility index (Phi) is 3.70. The number of aliphatic hydroxyl groups is 1. The van der Waals surface area contributed by atoms with Gasteiger partial charge in [-0.15, -0.1) is 0 Å². The Labute approximate surface area is 119 Å². The number of aromatic nitrogens is 1. The molecule has 104 valence electrons. The summed E-state index contributed by atoms with van der Waals surface area (Å²) in [5.41, 5.74) is 4.52. The van der Waals surface area contributed by atoms with Crippen molar-refractivity contribution in [3.05, 3.63) is 58.9 Å². The molecule has 3 rings (SSSR count). The second-order valence-corrected chi connectivity index (χ2v) is 5.39. The number of benzene rings is 1. The zero-order chi connectivity index (χ0) is 13.9. The third-order valence-electron chi connectivity index (χ3n) is 3.74. The Hall–Kier alpha value is -1.87. The molecule has 0 saturated heterocycles. The number of hydrogen-bond acceptors (Lipinski definition) is 3. The fourth-order valence-corrected chi connectivity index (χ4v) is 2.63. The van der Waals surface area contributed by atoms with Gasteiger partial charge in [-0.25, -0.2) is 0 Å². The predicted molar refractivity (Wildman–Crippen MR) is 77.9 cm³/mol. The lowest BCUT2D eigenvalue weighted by atomic mass is 10.00. The summed E-state index contributed by atoms with van der Waals surface area (Å²) in [5, 5.41) is 10.2. The van der Waals surface area contributed by atoms with Crippen LogP contribution in [0.25, 0.3) is 0 Å². The molecule has 0 spiro atoms. The van der Waals surface area contributed by atoms with Gasteiger partial charge in [0.1, 0.15) is 5.75 Å². The van der Waals surface area contributed by atoms with Crippen LogP contribution in [-0.2, 0) is 12.8 Å². The van der Waals surface area contributed by atoms with E-state index in [1.807, 2.05) is 19.1 Å². The fraction of sp³-hybridized carbons (Fsp3) is 0.353. The molecule has 0 fully saturated rings. The fourth-order valence-electron chi connectivity index (χ4n) is 2.63. The number of rotatable bonds is 4. The first kappa shape index (κ1) is 13.1. The maximum Gasteiger partial charge on any atom is 0.122 e. The second-order valence-electron chi connectivity index (χ2n) is 5.39. The molecule has 1 aromatic heterocycles. The summed E-state index contributed by atoms with van der Waals surface area (Å²) in [7, 11) is 0. The molecule has 20 heavy (non-hydrogen) atoms. The SMILES string of the molecule is Cc1cncc(C(O)CCc2ccc3c(c2)CCO3)c1. The molecule has 0 radical (unpaired) electrons. The summed E-state index contributed by atoms with van der Waals surface area (Å²) in [4.78, 5) is 4.13. The van der Waals surface area contributed by atoms with E-state index in [2.05, 4.69) is 17.1 Å². The molecule has 1 atom stereocenters. The molecule has 3 nitrogen and oxygen atoms in total. The van der Waals surface area contributed by atoms with Gasteiger partial charge in [0.15, 0.2) is 0 Å². The van der Waals surface area contributed by atoms with Gasteiger partial charge in [0.05, 0.1) is 12.7 Å². The summed E-state index contributed by atoms with van der Waals surface area (Å²) in [6.07, 6.45) is 5.66. The lowest BCUT2D eigenvalue weighted by Crippen LogP contribution is -2.01. The molecule has 1 aliphatic rings. The summed E-state index contributed by atoms with van der Waals surface area (Å²) in [6.45, 7) is 2.78. The van der Waals surface area contributed by atoms with Crippen molar-refractivity contribution in [2.75, 3.05) is 6.61 Å². The zero-order valence-electron chi connectivity index (χ0n) is 11.7. The first-order valence-corrected chi connectivity index (χ1v) is 7.06. The molecule has 1 N–H and O–H groups in total. The van der Waals surface area contributed by atoms with Crippen LogP contribution < -0.4 is 4.74 Å². The number of fused-ring (bicyclic) bond motifs is 1. The molecule has 0 bridgehead atoms. The van der Waals surface area contributed by atoms with Gasteiger partial charge < -0.3 is 9.84 Å². The average Bonchev–Trinajstić information content (AvgIpc) is 2.92. The zero-order valence-corrected chi connectivity index (χ0v) is 11.7. The summed E-state index contributed by atoms with van der Waals surface area (Å²) >= 11 is 0. The first-order chi connectivity index (χ1) is 9.72. The van der Waals surface area contributed by atoms with Gasteiger partial charge in [-0.05, 0) is 48.1 Å². The van der Waals surface area contributed by atoms with Crippen molar-refractivity contribution in [3.63, 3.8) is 0 Å². The monoisotopic (exact) mass is 269 g/mol. The Bertz CT molecular complexity index is 610. The van der Waals surface area contributed by atoms with Crippen LogP contribution >= 0.6 is 0 Å².